The maximum atomic E-state index is 13.3. The van der Waals surface area contributed by atoms with Crippen molar-refractivity contribution >= 4 is 39.0 Å². The second-order valence-electron chi connectivity index (χ2n) is 13.9. The van der Waals surface area contributed by atoms with Gasteiger partial charge in [-0.2, -0.15) is 26.3 Å². The number of hydrogen-bond donors (Lipinski definition) is 0. The van der Waals surface area contributed by atoms with Crippen LogP contribution in [0.4, 0.5) is 26.3 Å². The second kappa shape index (κ2) is 15.7. The molecule has 2 aromatic carbocycles. The highest BCUT2D eigenvalue weighted by atomic mass is 79.9. The van der Waals surface area contributed by atoms with Crippen molar-refractivity contribution in [2.75, 3.05) is 26.2 Å². The van der Waals surface area contributed by atoms with Crippen LogP contribution in [0.3, 0.4) is 0 Å². The van der Waals surface area contributed by atoms with Crippen LogP contribution in [-0.2, 0) is 12.4 Å². The average Bonchev–Trinajstić information content (AvgIpc) is 3.81. The first-order valence-corrected chi connectivity index (χ1v) is 18.7. The molecule has 17 heteroatoms. The van der Waals surface area contributed by atoms with Crippen LogP contribution in [-0.4, -0.2) is 77.0 Å². The molecule has 8 rings (SSSR count). The van der Waals surface area contributed by atoms with Crippen molar-refractivity contribution in [3.05, 3.63) is 129 Å². The lowest BCUT2D eigenvalue weighted by Crippen LogP contribution is -2.39. The van der Waals surface area contributed by atoms with E-state index in [1.165, 1.54) is 18.2 Å². The first-order valence-electron chi connectivity index (χ1n) is 17.9. The molecule has 2 aliphatic heterocycles. The molecule has 0 N–H and O–H groups in total. The molecule has 0 atom stereocenters. The lowest BCUT2D eigenvalue weighted by molar-refractivity contribution is -0.139. The Morgan fingerprint density at radius 1 is 0.625 bits per heavy atom. The van der Waals surface area contributed by atoms with Gasteiger partial charge < -0.3 is 9.80 Å². The molecule has 0 saturated carbocycles. The van der Waals surface area contributed by atoms with Gasteiger partial charge in [0.2, 0.25) is 11.6 Å². The number of alkyl halides is 6. The zero-order valence-corrected chi connectivity index (χ0v) is 31.5. The number of pyridine rings is 2. The van der Waals surface area contributed by atoms with Crippen LogP contribution >= 0.6 is 15.9 Å². The van der Waals surface area contributed by atoms with E-state index in [-0.39, 0.29) is 35.3 Å². The van der Waals surface area contributed by atoms with E-state index in [4.69, 9.17) is 0 Å². The predicted molar refractivity (Wildman–Crippen MR) is 197 cm³/mol. The van der Waals surface area contributed by atoms with Crippen LogP contribution in [0.2, 0.25) is 0 Å². The molecule has 2 fully saturated rings. The van der Waals surface area contributed by atoms with Crippen LogP contribution in [0.5, 0.6) is 0 Å². The molecule has 2 saturated heterocycles. The summed E-state index contributed by atoms with van der Waals surface area (Å²) in [6.07, 6.45) is -3.37. The van der Waals surface area contributed by atoms with E-state index >= 15 is 0 Å². The van der Waals surface area contributed by atoms with Crippen LogP contribution in [0.25, 0.3) is 11.3 Å². The average molecular weight is 842 g/mol. The van der Waals surface area contributed by atoms with Crippen molar-refractivity contribution in [2.24, 2.45) is 0 Å². The number of rotatable bonds is 4. The van der Waals surface area contributed by atoms with Gasteiger partial charge in [-0.1, -0.05) is 36.4 Å². The zero-order chi connectivity index (χ0) is 39.8. The summed E-state index contributed by atoms with van der Waals surface area (Å²) in [6.45, 7) is 3.45. The summed E-state index contributed by atoms with van der Waals surface area (Å²) in [5.41, 5.74) is 1.61. The minimum absolute atomic E-state index is 0.199. The SMILES string of the molecule is Cc1ccn2c(C(=O)N3CCC(c4ccccc4C(F)(F)F)CC3)nnc2c1.O=C(c1nnc2ccc(Br)cn12)N1CCC(c2ccccc2C(F)(F)F)CC1. The van der Waals surface area contributed by atoms with Crippen LogP contribution in [0, 0.1) is 6.92 Å². The molecule has 6 aromatic rings. The number of amides is 2. The number of aryl methyl sites for hydroxylation is 1. The molecule has 4 aromatic heterocycles. The molecular formula is C39H35BrF6N8O2. The number of piperidine rings is 2. The van der Waals surface area contributed by atoms with Gasteiger partial charge in [0.05, 0.1) is 11.1 Å². The second-order valence-corrected chi connectivity index (χ2v) is 14.8. The molecule has 0 radical (unpaired) electrons. The molecule has 2 amide bonds. The minimum atomic E-state index is -4.38. The Balaban J connectivity index is 0.000000172. The van der Waals surface area contributed by atoms with Gasteiger partial charge in [-0.25, -0.2) is 0 Å². The van der Waals surface area contributed by atoms with Gasteiger partial charge >= 0.3 is 12.4 Å². The summed E-state index contributed by atoms with van der Waals surface area (Å²) in [6, 6.07) is 18.6. The largest absolute Gasteiger partial charge is 0.416 e. The number of carbonyl (C=O) groups is 2. The normalized spacial score (nSPS) is 15.9. The van der Waals surface area contributed by atoms with E-state index in [1.807, 2.05) is 25.1 Å². The Morgan fingerprint density at radius 2 is 1.09 bits per heavy atom. The Kier molecular flexibility index (Phi) is 10.9. The number of halogens is 7. The summed E-state index contributed by atoms with van der Waals surface area (Å²) < 4.78 is 83.8. The number of benzene rings is 2. The summed E-state index contributed by atoms with van der Waals surface area (Å²) in [4.78, 5) is 29.0. The summed E-state index contributed by atoms with van der Waals surface area (Å²) >= 11 is 3.36. The summed E-state index contributed by atoms with van der Waals surface area (Å²) in [5.74, 6) is -0.549. The molecule has 292 valence electrons. The maximum Gasteiger partial charge on any atom is 0.416 e. The lowest BCUT2D eigenvalue weighted by Gasteiger charge is -2.32. The third-order valence-electron chi connectivity index (χ3n) is 10.3. The van der Waals surface area contributed by atoms with Gasteiger partial charge in [0.1, 0.15) is 0 Å². The number of likely N-dealkylation sites (tertiary alicyclic amines) is 2. The number of nitrogens with zero attached hydrogens (tertiary/aromatic N) is 8. The summed E-state index contributed by atoms with van der Waals surface area (Å²) in [7, 11) is 0. The number of hydrogen-bond acceptors (Lipinski definition) is 6. The Hall–Kier alpha value is -5.32. The van der Waals surface area contributed by atoms with Gasteiger partial charge in [-0.05, 0) is 113 Å². The maximum absolute atomic E-state index is 13.3. The topological polar surface area (TPSA) is 101 Å². The highest BCUT2D eigenvalue weighted by Gasteiger charge is 2.38. The highest BCUT2D eigenvalue weighted by Crippen LogP contribution is 2.40. The monoisotopic (exact) mass is 840 g/mol. The van der Waals surface area contributed by atoms with Crippen molar-refractivity contribution in [3.63, 3.8) is 0 Å². The third kappa shape index (κ3) is 8.13. The van der Waals surface area contributed by atoms with Crippen LogP contribution in [0.15, 0.2) is 89.7 Å². The Morgan fingerprint density at radius 3 is 1.59 bits per heavy atom. The highest BCUT2D eigenvalue weighted by molar-refractivity contribution is 9.10. The smallest absolute Gasteiger partial charge is 0.336 e. The van der Waals surface area contributed by atoms with Gasteiger partial charge in [0.15, 0.2) is 11.3 Å². The fourth-order valence-electron chi connectivity index (χ4n) is 7.44. The molecule has 0 unspecified atom stereocenters. The van der Waals surface area contributed by atoms with Crippen molar-refractivity contribution < 1.29 is 35.9 Å². The lowest BCUT2D eigenvalue weighted by atomic mass is 9.86. The van der Waals surface area contributed by atoms with Crippen molar-refractivity contribution in [3.8, 4) is 0 Å². The fourth-order valence-corrected chi connectivity index (χ4v) is 7.78. The van der Waals surface area contributed by atoms with Gasteiger partial charge in [-0.15, -0.1) is 20.4 Å². The van der Waals surface area contributed by atoms with Gasteiger partial charge in [0.25, 0.3) is 11.8 Å². The molecule has 0 aliphatic carbocycles. The Bertz CT molecular complexity index is 2380. The van der Waals surface area contributed by atoms with Crippen LogP contribution < -0.4 is 0 Å². The van der Waals surface area contributed by atoms with E-state index in [0.717, 1.165) is 22.2 Å². The molecule has 2 aliphatic rings. The van der Waals surface area contributed by atoms with E-state index in [9.17, 15) is 35.9 Å². The Labute approximate surface area is 325 Å². The van der Waals surface area contributed by atoms with Crippen molar-refractivity contribution in [2.45, 2.75) is 56.8 Å². The first-order chi connectivity index (χ1) is 26.7. The number of fused-ring (bicyclic) bond motifs is 2. The fraction of sp³-hybridized carbons (Fsp3) is 0.333. The van der Waals surface area contributed by atoms with E-state index in [2.05, 4.69) is 36.3 Å². The molecule has 0 bridgehead atoms. The molecule has 0 spiro atoms. The third-order valence-corrected chi connectivity index (χ3v) is 10.8. The van der Waals surface area contributed by atoms with E-state index < -0.39 is 23.5 Å². The van der Waals surface area contributed by atoms with E-state index in [1.54, 1.807) is 55.3 Å². The van der Waals surface area contributed by atoms with Gasteiger partial charge in [-0.3, -0.25) is 18.4 Å². The zero-order valence-electron chi connectivity index (χ0n) is 29.9. The number of aromatic nitrogens is 6. The summed E-state index contributed by atoms with van der Waals surface area (Å²) in [5, 5.41) is 16.0. The molecular weight excluding hydrogens is 806 g/mol. The quantitative estimate of drug-likeness (QED) is 0.165. The van der Waals surface area contributed by atoms with Crippen molar-refractivity contribution in [1.29, 1.82) is 0 Å². The van der Waals surface area contributed by atoms with Crippen molar-refractivity contribution in [1.82, 2.24) is 39.0 Å². The standard InChI is InChI=1S/C20H19F3N4O.C19H16BrF3N4O/c1-13-6-11-27-17(12-13)24-25-18(27)19(28)26-9-7-14(8-10-26)15-4-2-3-5-16(15)20(21,22)23;20-13-5-6-16-24-25-17(27(16)11-13)18(28)26-9-7-12(8-10-26)14-3-1-2-4-15(14)19(21,22)23/h2-6,11-12,14H,7-10H2,1H3;1-6,11-12H,7-10H2. The molecule has 56 heavy (non-hydrogen) atoms. The van der Waals surface area contributed by atoms with E-state index in [0.29, 0.717) is 74.3 Å². The molecule has 10 nitrogen and oxygen atoms in total. The number of carbonyl (C=O) groups excluding carboxylic acids is 2. The van der Waals surface area contributed by atoms with Crippen LogP contribution in [0.1, 0.15) is 86.6 Å². The first kappa shape index (κ1) is 38.9. The molecule has 6 heterocycles. The van der Waals surface area contributed by atoms with Gasteiger partial charge in [0, 0.05) is 43.0 Å². The predicted octanol–water partition coefficient (Wildman–Crippen LogP) is 8.61. The minimum Gasteiger partial charge on any atom is -0.336 e.